The van der Waals surface area contributed by atoms with Gasteiger partial charge in [-0.1, -0.05) is 24.3 Å². The van der Waals surface area contributed by atoms with Crippen molar-refractivity contribution in [3.05, 3.63) is 42.0 Å². The zero-order chi connectivity index (χ0) is 15.7. The van der Waals surface area contributed by atoms with Crippen LogP contribution in [0.2, 0.25) is 0 Å². The van der Waals surface area contributed by atoms with Gasteiger partial charge in [0.2, 0.25) is 0 Å². The minimum atomic E-state index is -0.176. The monoisotopic (exact) mass is 313 g/mol. The third kappa shape index (κ3) is 2.71. The predicted octanol–water partition coefficient (Wildman–Crippen LogP) is 4.54. The van der Waals surface area contributed by atoms with E-state index >= 15 is 0 Å². The maximum atomic E-state index is 12.0. The first-order valence-electron chi connectivity index (χ1n) is 7.36. The number of aromatic amines is 1. The lowest BCUT2D eigenvalue weighted by Crippen LogP contribution is -2.14. The van der Waals surface area contributed by atoms with Gasteiger partial charge in [0.25, 0.3) is 0 Å². The van der Waals surface area contributed by atoms with Gasteiger partial charge in [-0.2, -0.15) is 0 Å². The Morgan fingerprint density at radius 1 is 1.18 bits per heavy atom. The lowest BCUT2D eigenvalue weighted by molar-refractivity contribution is -0.146. The third-order valence-corrected chi connectivity index (χ3v) is 4.49. The van der Waals surface area contributed by atoms with Crippen molar-refractivity contribution in [3.8, 4) is 0 Å². The summed E-state index contributed by atoms with van der Waals surface area (Å²) >= 11 is 1.68. The third-order valence-electron chi connectivity index (χ3n) is 3.61. The SMILES string of the molecule is CSc1c(CC(=O)OC(C)C)ccc2[nH]c3ccccc3c12. The van der Waals surface area contributed by atoms with Gasteiger partial charge in [0, 0.05) is 26.7 Å². The summed E-state index contributed by atoms with van der Waals surface area (Å²) in [6.45, 7) is 3.74. The topological polar surface area (TPSA) is 42.1 Å². The van der Waals surface area contributed by atoms with Crippen molar-refractivity contribution in [3.63, 3.8) is 0 Å². The molecule has 0 atom stereocenters. The number of nitrogens with one attached hydrogen (secondary N) is 1. The number of aromatic nitrogens is 1. The maximum Gasteiger partial charge on any atom is 0.310 e. The summed E-state index contributed by atoms with van der Waals surface area (Å²) in [6, 6.07) is 12.3. The van der Waals surface area contributed by atoms with E-state index < -0.39 is 0 Å². The van der Waals surface area contributed by atoms with Gasteiger partial charge in [-0.25, -0.2) is 0 Å². The summed E-state index contributed by atoms with van der Waals surface area (Å²) in [6.07, 6.45) is 2.28. The molecule has 3 rings (SSSR count). The summed E-state index contributed by atoms with van der Waals surface area (Å²) in [7, 11) is 0. The molecule has 0 amide bonds. The Morgan fingerprint density at radius 3 is 2.68 bits per heavy atom. The van der Waals surface area contributed by atoms with Gasteiger partial charge in [0.05, 0.1) is 12.5 Å². The molecular weight excluding hydrogens is 294 g/mol. The molecule has 0 radical (unpaired) electrons. The van der Waals surface area contributed by atoms with Crippen LogP contribution in [0.4, 0.5) is 0 Å². The van der Waals surface area contributed by atoms with E-state index in [1.807, 2.05) is 44.4 Å². The molecule has 3 nitrogen and oxygen atoms in total. The fraction of sp³-hybridized carbons (Fsp3) is 0.278. The first kappa shape index (κ1) is 15.0. The van der Waals surface area contributed by atoms with Crippen molar-refractivity contribution in [2.45, 2.75) is 31.3 Å². The Bertz CT molecular complexity index is 836. The average Bonchev–Trinajstić information content (AvgIpc) is 2.85. The highest BCUT2D eigenvalue weighted by molar-refractivity contribution is 7.98. The minimum absolute atomic E-state index is 0.0814. The molecule has 3 aromatic rings. The largest absolute Gasteiger partial charge is 0.463 e. The molecule has 2 aromatic carbocycles. The molecule has 0 saturated carbocycles. The van der Waals surface area contributed by atoms with Gasteiger partial charge in [-0.05, 0) is 37.8 Å². The van der Waals surface area contributed by atoms with E-state index in [-0.39, 0.29) is 12.1 Å². The Hall–Kier alpha value is -1.94. The van der Waals surface area contributed by atoms with Gasteiger partial charge < -0.3 is 9.72 Å². The van der Waals surface area contributed by atoms with Crippen LogP contribution in [0, 0.1) is 0 Å². The number of carbonyl (C=O) groups is 1. The number of hydrogen-bond acceptors (Lipinski definition) is 3. The fourth-order valence-corrected chi connectivity index (χ4v) is 3.61. The number of benzene rings is 2. The first-order chi connectivity index (χ1) is 10.6. The molecule has 0 aliphatic carbocycles. The first-order valence-corrected chi connectivity index (χ1v) is 8.58. The molecule has 1 heterocycles. The number of esters is 1. The highest BCUT2D eigenvalue weighted by atomic mass is 32.2. The van der Waals surface area contributed by atoms with Crippen LogP contribution in [-0.2, 0) is 16.0 Å². The highest BCUT2D eigenvalue weighted by Crippen LogP contribution is 2.35. The normalized spacial score (nSPS) is 11.5. The molecule has 0 bridgehead atoms. The summed E-state index contributed by atoms with van der Waals surface area (Å²) in [4.78, 5) is 16.6. The molecule has 4 heteroatoms. The number of fused-ring (bicyclic) bond motifs is 3. The van der Waals surface area contributed by atoms with Crippen LogP contribution in [-0.4, -0.2) is 23.3 Å². The van der Waals surface area contributed by atoms with Crippen molar-refractivity contribution in [1.29, 1.82) is 0 Å². The summed E-state index contributed by atoms with van der Waals surface area (Å²) in [5.41, 5.74) is 3.25. The lowest BCUT2D eigenvalue weighted by Gasteiger charge is -2.11. The number of para-hydroxylation sites is 1. The zero-order valence-electron chi connectivity index (χ0n) is 13.0. The van der Waals surface area contributed by atoms with E-state index in [1.54, 1.807) is 11.8 Å². The molecule has 0 saturated heterocycles. The van der Waals surface area contributed by atoms with E-state index in [9.17, 15) is 4.79 Å². The second-order valence-corrected chi connectivity index (χ2v) is 6.38. The van der Waals surface area contributed by atoms with E-state index in [0.717, 1.165) is 21.5 Å². The predicted molar refractivity (Wildman–Crippen MR) is 92.5 cm³/mol. The number of H-pyrrole nitrogens is 1. The van der Waals surface area contributed by atoms with Gasteiger partial charge >= 0.3 is 5.97 Å². The Balaban J connectivity index is 2.11. The summed E-state index contributed by atoms with van der Waals surface area (Å²) < 4.78 is 5.28. The Kier molecular flexibility index (Phi) is 4.12. The number of ether oxygens (including phenoxy) is 1. The molecule has 0 aliphatic heterocycles. The molecule has 0 aliphatic rings. The number of thioether (sulfide) groups is 1. The van der Waals surface area contributed by atoms with Crippen LogP contribution in [0.3, 0.4) is 0 Å². The van der Waals surface area contributed by atoms with Crippen molar-refractivity contribution in [1.82, 2.24) is 4.98 Å². The second kappa shape index (κ2) is 6.05. The summed E-state index contributed by atoms with van der Waals surface area (Å²) in [5.74, 6) is -0.176. The van der Waals surface area contributed by atoms with Gasteiger partial charge in [-0.3, -0.25) is 4.79 Å². The van der Waals surface area contributed by atoms with Crippen molar-refractivity contribution < 1.29 is 9.53 Å². The Morgan fingerprint density at radius 2 is 1.95 bits per heavy atom. The number of hydrogen-bond donors (Lipinski definition) is 1. The highest BCUT2D eigenvalue weighted by Gasteiger charge is 2.15. The maximum absolute atomic E-state index is 12.0. The van der Waals surface area contributed by atoms with Crippen LogP contribution in [0.5, 0.6) is 0 Å². The van der Waals surface area contributed by atoms with E-state index in [0.29, 0.717) is 6.42 Å². The lowest BCUT2D eigenvalue weighted by atomic mass is 10.1. The van der Waals surface area contributed by atoms with Crippen molar-refractivity contribution in [2.75, 3.05) is 6.26 Å². The van der Waals surface area contributed by atoms with Gasteiger partial charge in [0.15, 0.2) is 0 Å². The van der Waals surface area contributed by atoms with Crippen LogP contribution in [0.15, 0.2) is 41.3 Å². The van der Waals surface area contributed by atoms with E-state index in [1.165, 1.54) is 10.8 Å². The quantitative estimate of drug-likeness (QED) is 0.568. The van der Waals surface area contributed by atoms with Crippen LogP contribution < -0.4 is 0 Å². The molecule has 0 spiro atoms. The van der Waals surface area contributed by atoms with Crippen LogP contribution in [0.25, 0.3) is 21.8 Å². The smallest absolute Gasteiger partial charge is 0.310 e. The van der Waals surface area contributed by atoms with Crippen molar-refractivity contribution in [2.24, 2.45) is 0 Å². The molecule has 22 heavy (non-hydrogen) atoms. The molecule has 114 valence electrons. The standard InChI is InChI=1S/C18H19NO2S/c1-11(2)21-16(20)10-12-8-9-15-17(18(12)22-3)13-6-4-5-7-14(13)19-15/h4-9,11,19H,10H2,1-3H3. The van der Waals surface area contributed by atoms with Crippen LogP contribution >= 0.6 is 11.8 Å². The number of rotatable bonds is 4. The average molecular weight is 313 g/mol. The molecule has 1 N–H and O–H groups in total. The second-order valence-electron chi connectivity index (χ2n) is 5.57. The van der Waals surface area contributed by atoms with Crippen LogP contribution in [0.1, 0.15) is 19.4 Å². The Labute approximate surface area is 134 Å². The minimum Gasteiger partial charge on any atom is -0.463 e. The van der Waals surface area contributed by atoms with Gasteiger partial charge in [-0.15, -0.1) is 11.8 Å². The molecule has 1 aromatic heterocycles. The molecular formula is C18H19NO2S. The molecule has 0 unspecified atom stereocenters. The molecule has 0 fully saturated rings. The van der Waals surface area contributed by atoms with E-state index in [4.69, 9.17) is 4.74 Å². The zero-order valence-corrected chi connectivity index (χ0v) is 13.8. The van der Waals surface area contributed by atoms with Gasteiger partial charge in [0.1, 0.15) is 0 Å². The fourth-order valence-electron chi connectivity index (χ4n) is 2.79. The van der Waals surface area contributed by atoms with E-state index in [2.05, 4.69) is 17.1 Å². The summed E-state index contributed by atoms with van der Waals surface area (Å²) in [5, 5.41) is 2.39. The van der Waals surface area contributed by atoms with Crippen molar-refractivity contribution >= 4 is 39.5 Å². The number of carbonyl (C=O) groups excluding carboxylic acids is 1.